The topological polar surface area (TPSA) is 49.6 Å². The number of carbonyl (C=O) groups is 1. The summed E-state index contributed by atoms with van der Waals surface area (Å²) < 4.78 is 0. The van der Waals surface area contributed by atoms with Gasteiger partial charge in [-0.2, -0.15) is 0 Å². The van der Waals surface area contributed by atoms with Gasteiger partial charge in [-0.1, -0.05) is 0 Å². The van der Waals surface area contributed by atoms with Gasteiger partial charge in [0, 0.05) is 44.0 Å². The first-order chi connectivity index (χ1) is 8.20. The predicted octanol–water partition coefficient (Wildman–Crippen LogP) is 0.762. The Hall–Kier alpha value is -1.55. The van der Waals surface area contributed by atoms with E-state index in [1.54, 1.807) is 0 Å². The van der Waals surface area contributed by atoms with Gasteiger partial charge in [0.25, 0.3) is 0 Å². The van der Waals surface area contributed by atoms with Crippen LogP contribution >= 0.6 is 0 Å². The standard InChI is InChI=1S/C13H19N3O/c1-15-5-7-16(8-6-15)12-2-3-13(14)11(10-12)4-9-17/h2-3,9-10H,4-8,14H2,1H3. The molecule has 0 saturated carbocycles. The molecule has 1 aliphatic rings. The SMILES string of the molecule is CN1CCN(c2ccc(N)c(CC=O)c2)CC1. The van der Waals surface area contributed by atoms with Crippen molar-refractivity contribution in [1.82, 2.24) is 4.90 Å². The molecule has 0 aliphatic carbocycles. The summed E-state index contributed by atoms with van der Waals surface area (Å²) in [4.78, 5) is 15.2. The lowest BCUT2D eigenvalue weighted by atomic mass is 10.1. The number of aldehydes is 1. The summed E-state index contributed by atoms with van der Waals surface area (Å²) in [5.74, 6) is 0. The molecule has 4 nitrogen and oxygen atoms in total. The molecule has 0 bridgehead atoms. The molecule has 0 amide bonds. The van der Waals surface area contributed by atoms with E-state index in [9.17, 15) is 4.79 Å². The van der Waals surface area contributed by atoms with Crippen molar-refractivity contribution in [3.05, 3.63) is 23.8 Å². The van der Waals surface area contributed by atoms with E-state index in [1.807, 2.05) is 18.2 Å². The Morgan fingerprint density at radius 2 is 2.00 bits per heavy atom. The lowest BCUT2D eigenvalue weighted by Crippen LogP contribution is -2.44. The van der Waals surface area contributed by atoms with E-state index < -0.39 is 0 Å². The van der Waals surface area contributed by atoms with E-state index in [2.05, 4.69) is 16.8 Å². The number of hydrogen-bond donors (Lipinski definition) is 1. The zero-order chi connectivity index (χ0) is 12.3. The third-order valence-electron chi connectivity index (χ3n) is 3.30. The molecule has 1 aromatic carbocycles. The van der Waals surface area contributed by atoms with Crippen molar-refractivity contribution in [1.29, 1.82) is 0 Å². The first-order valence-corrected chi connectivity index (χ1v) is 5.96. The van der Waals surface area contributed by atoms with Crippen LogP contribution in [-0.4, -0.2) is 44.4 Å². The highest BCUT2D eigenvalue weighted by Gasteiger charge is 2.14. The number of nitrogens with zero attached hydrogens (tertiary/aromatic N) is 2. The number of piperazine rings is 1. The van der Waals surface area contributed by atoms with Crippen LogP contribution in [0.5, 0.6) is 0 Å². The summed E-state index contributed by atoms with van der Waals surface area (Å²) in [5.41, 5.74) is 8.64. The molecule has 92 valence electrons. The van der Waals surface area contributed by atoms with Crippen molar-refractivity contribution in [2.24, 2.45) is 0 Å². The van der Waals surface area contributed by atoms with Gasteiger partial charge in [-0.05, 0) is 30.8 Å². The number of nitrogens with two attached hydrogens (primary N) is 1. The van der Waals surface area contributed by atoms with Crippen LogP contribution < -0.4 is 10.6 Å². The minimum Gasteiger partial charge on any atom is -0.398 e. The molecule has 0 unspecified atom stereocenters. The highest BCUT2D eigenvalue weighted by Crippen LogP contribution is 2.22. The molecule has 0 radical (unpaired) electrons. The Kier molecular flexibility index (Phi) is 3.64. The van der Waals surface area contributed by atoms with Gasteiger partial charge in [0.15, 0.2) is 0 Å². The maximum atomic E-state index is 10.6. The Labute approximate surface area is 102 Å². The zero-order valence-electron chi connectivity index (χ0n) is 10.2. The van der Waals surface area contributed by atoms with Gasteiger partial charge in [-0.3, -0.25) is 0 Å². The van der Waals surface area contributed by atoms with Crippen molar-refractivity contribution in [3.8, 4) is 0 Å². The van der Waals surface area contributed by atoms with Crippen molar-refractivity contribution >= 4 is 17.7 Å². The molecule has 2 N–H and O–H groups in total. The van der Waals surface area contributed by atoms with E-state index >= 15 is 0 Å². The second kappa shape index (κ2) is 5.19. The van der Waals surface area contributed by atoms with Crippen molar-refractivity contribution in [2.45, 2.75) is 6.42 Å². The normalized spacial score (nSPS) is 17.1. The predicted molar refractivity (Wildman–Crippen MR) is 70.3 cm³/mol. The molecular weight excluding hydrogens is 214 g/mol. The average Bonchev–Trinajstić information content (AvgIpc) is 2.33. The molecule has 2 rings (SSSR count). The largest absolute Gasteiger partial charge is 0.398 e. The fourth-order valence-corrected chi connectivity index (χ4v) is 2.12. The quantitative estimate of drug-likeness (QED) is 0.618. The number of nitrogen functional groups attached to an aromatic ring is 1. The Morgan fingerprint density at radius 3 is 2.65 bits per heavy atom. The van der Waals surface area contributed by atoms with E-state index in [-0.39, 0.29) is 0 Å². The van der Waals surface area contributed by atoms with Crippen molar-refractivity contribution in [2.75, 3.05) is 43.9 Å². The molecule has 17 heavy (non-hydrogen) atoms. The Balaban J connectivity index is 2.15. The van der Waals surface area contributed by atoms with Gasteiger partial charge < -0.3 is 20.3 Å². The van der Waals surface area contributed by atoms with Gasteiger partial charge in [0.2, 0.25) is 0 Å². The highest BCUT2D eigenvalue weighted by atomic mass is 16.1. The van der Waals surface area contributed by atoms with Gasteiger partial charge in [-0.25, -0.2) is 0 Å². The number of hydrogen-bond acceptors (Lipinski definition) is 4. The van der Waals surface area contributed by atoms with E-state index in [1.165, 1.54) is 5.69 Å². The highest BCUT2D eigenvalue weighted by molar-refractivity contribution is 5.65. The molecule has 0 spiro atoms. The first kappa shape index (κ1) is 11.9. The molecule has 1 aliphatic heterocycles. The maximum absolute atomic E-state index is 10.6. The minimum atomic E-state index is 0.396. The Morgan fingerprint density at radius 1 is 1.29 bits per heavy atom. The number of rotatable bonds is 3. The monoisotopic (exact) mass is 233 g/mol. The van der Waals surface area contributed by atoms with Gasteiger partial charge in [0.1, 0.15) is 6.29 Å². The summed E-state index contributed by atoms with van der Waals surface area (Å²) in [6, 6.07) is 5.97. The van der Waals surface area contributed by atoms with Crippen LogP contribution in [0.3, 0.4) is 0 Å². The van der Waals surface area contributed by atoms with Crippen LogP contribution in [0.25, 0.3) is 0 Å². The second-order valence-electron chi connectivity index (χ2n) is 4.54. The van der Waals surface area contributed by atoms with Crippen LogP contribution in [-0.2, 0) is 11.2 Å². The number of likely N-dealkylation sites (N-methyl/N-ethyl adjacent to an activating group) is 1. The van der Waals surface area contributed by atoms with Crippen LogP contribution in [0.4, 0.5) is 11.4 Å². The molecule has 0 atom stereocenters. The molecule has 1 heterocycles. The molecule has 1 fully saturated rings. The summed E-state index contributed by atoms with van der Waals surface area (Å²) in [6.07, 6.45) is 1.30. The van der Waals surface area contributed by atoms with Gasteiger partial charge in [-0.15, -0.1) is 0 Å². The fourth-order valence-electron chi connectivity index (χ4n) is 2.12. The Bertz CT molecular complexity index is 398. The summed E-state index contributed by atoms with van der Waals surface area (Å²) in [5, 5.41) is 0. The number of benzene rings is 1. The van der Waals surface area contributed by atoms with Crippen LogP contribution in [0.15, 0.2) is 18.2 Å². The second-order valence-corrected chi connectivity index (χ2v) is 4.54. The van der Waals surface area contributed by atoms with E-state index in [4.69, 9.17) is 5.73 Å². The maximum Gasteiger partial charge on any atom is 0.124 e. The van der Waals surface area contributed by atoms with Crippen molar-refractivity contribution < 1.29 is 4.79 Å². The molecular formula is C13H19N3O. The number of anilines is 2. The average molecular weight is 233 g/mol. The van der Waals surface area contributed by atoms with Crippen LogP contribution in [0.1, 0.15) is 5.56 Å². The summed E-state index contributed by atoms with van der Waals surface area (Å²) >= 11 is 0. The lowest BCUT2D eigenvalue weighted by molar-refractivity contribution is -0.107. The molecule has 1 aromatic rings. The summed E-state index contributed by atoms with van der Waals surface area (Å²) in [6.45, 7) is 4.21. The van der Waals surface area contributed by atoms with Crippen molar-refractivity contribution in [3.63, 3.8) is 0 Å². The minimum absolute atomic E-state index is 0.396. The third-order valence-corrected chi connectivity index (χ3v) is 3.30. The van der Waals surface area contributed by atoms with Crippen LogP contribution in [0, 0.1) is 0 Å². The zero-order valence-corrected chi connectivity index (χ0v) is 10.2. The van der Waals surface area contributed by atoms with Gasteiger partial charge in [0.05, 0.1) is 0 Å². The van der Waals surface area contributed by atoms with Gasteiger partial charge >= 0.3 is 0 Å². The van der Waals surface area contributed by atoms with E-state index in [0.717, 1.165) is 38.0 Å². The van der Waals surface area contributed by atoms with E-state index in [0.29, 0.717) is 12.1 Å². The molecule has 4 heteroatoms. The smallest absolute Gasteiger partial charge is 0.124 e. The van der Waals surface area contributed by atoms with Crippen LogP contribution in [0.2, 0.25) is 0 Å². The number of carbonyl (C=O) groups excluding carboxylic acids is 1. The summed E-state index contributed by atoms with van der Waals surface area (Å²) in [7, 11) is 2.14. The first-order valence-electron chi connectivity index (χ1n) is 5.96. The fraction of sp³-hybridized carbons (Fsp3) is 0.462. The molecule has 1 saturated heterocycles. The third kappa shape index (κ3) is 2.77. The lowest BCUT2D eigenvalue weighted by Gasteiger charge is -2.34. The molecule has 0 aromatic heterocycles.